The first-order chi connectivity index (χ1) is 6.18. The summed E-state index contributed by atoms with van der Waals surface area (Å²) in [6, 6.07) is 4.55. The Kier molecular flexibility index (Phi) is 1.76. The van der Waals surface area contributed by atoms with Gasteiger partial charge in [-0.05, 0) is 6.07 Å². The van der Waals surface area contributed by atoms with Crippen molar-refractivity contribution in [1.29, 1.82) is 0 Å². The van der Waals surface area contributed by atoms with E-state index in [0.29, 0.717) is 0 Å². The number of hydrogen-bond donors (Lipinski definition) is 0. The smallest absolute Gasteiger partial charge is 0.263 e. The van der Waals surface area contributed by atoms with Gasteiger partial charge in [-0.3, -0.25) is 4.68 Å². The molecule has 13 heavy (non-hydrogen) atoms. The molecule has 0 aliphatic carbocycles. The number of nitrogens with zero attached hydrogens (tertiary/aromatic N) is 2. The molecule has 0 amide bonds. The molecule has 1 heterocycles. The average molecular weight is 182 g/mol. The lowest BCUT2D eigenvalue weighted by molar-refractivity contribution is 0.151. The Morgan fingerprint density at radius 2 is 2.15 bits per heavy atom. The van der Waals surface area contributed by atoms with E-state index in [1.807, 2.05) is 0 Å². The van der Waals surface area contributed by atoms with E-state index >= 15 is 0 Å². The standard InChI is InChI=1S/C9H8F2N2/c1-13-8-4-6(9(10)11)2-3-7(8)5-12-13/h2-5,9H,1H3. The Hall–Kier alpha value is -1.45. The van der Waals surface area contributed by atoms with Gasteiger partial charge in [-0.25, -0.2) is 8.78 Å². The van der Waals surface area contributed by atoms with E-state index in [2.05, 4.69) is 5.10 Å². The van der Waals surface area contributed by atoms with Crippen LogP contribution in [0.5, 0.6) is 0 Å². The number of benzene rings is 1. The summed E-state index contributed by atoms with van der Waals surface area (Å²) in [4.78, 5) is 0. The van der Waals surface area contributed by atoms with Crippen LogP contribution in [-0.4, -0.2) is 9.78 Å². The predicted octanol–water partition coefficient (Wildman–Crippen LogP) is 2.51. The van der Waals surface area contributed by atoms with Crippen molar-refractivity contribution < 1.29 is 8.78 Å². The van der Waals surface area contributed by atoms with E-state index in [0.717, 1.165) is 10.9 Å². The molecule has 0 saturated heterocycles. The highest BCUT2D eigenvalue weighted by atomic mass is 19.3. The van der Waals surface area contributed by atoms with Crippen molar-refractivity contribution in [2.75, 3.05) is 0 Å². The molecule has 0 spiro atoms. The normalized spacial score (nSPS) is 11.4. The van der Waals surface area contributed by atoms with Crippen LogP contribution in [0.3, 0.4) is 0 Å². The Morgan fingerprint density at radius 1 is 1.38 bits per heavy atom. The largest absolute Gasteiger partial charge is 0.268 e. The minimum atomic E-state index is -2.42. The lowest BCUT2D eigenvalue weighted by Crippen LogP contribution is -1.90. The quantitative estimate of drug-likeness (QED) is 0.662. The Balaban J connectivity index is 2.66. The van der Waals surface area contributed by atoms with Gasteiger partial charge in [0.2, 0.25) is 0 Å². The fraction of sp³-hybridized carbons (Fsp3) is 0.222. The molecule has 4 heteroatoms. The number of halogens is 2. The Labute approximate surface area is 73.8 Å². The zero-order valence-electron chi connectivity index (χ0n) is 7.04. The van der Waals surface area contributed by atoms with Crippen molar-refractivity contribution >= 4 is 10.9 Å². The first kappa shape index (κ1) is 8.16. The molecule has 0 unspecified atom stereocenters. The highest BCUT2D eigenvalue weighted by Crippen LogP contribution is 2.22. The van der Waals surface area contributed by atoms with Crippen molar-refractivity contribution in [1.82, 2.24) is 9.78 Å². The van der Waals surface area contributed by atoms with Crippen molar-refractivity contribution in [3.63, 3.8) is 0 Å². The van der Waals surface area contributed by atoms with Crippen LogP contribution >= 0.6 is 0 Å². The molecule has 0 fully saturated rings. The molecule has 0 bridgehead atoms. The highest BCUT2D eigenvalue weighted by molar-refractivity contribution is 5.79. The fourth-order valence-electron chi connectivity index (χ4n) is 1.30. The molecular formula is C9H8F2N2. The molecule has 0 saturated carbocycles. The van der Waals surface area contributed by atoms with Gasteiger partial charge in [0.25, 0.3) is 6.43 Å². The second-order valence-electron chi connectivity index (χ2n) is 2.89. The molecule has 2 nitrogen and oxygen atoms in total. The van der Waals surface area contributed by atoms with Crippen LogP contribution in [0.15, 0.2) is 24.4 Å². The lowest BCUT2D eigenvalue weighted by atomic mass is 10.2. The molecule has 2 aromatic rings. The van der Waals surface area contributed by atoms with Gasteiger partial charge in [0.15, 0.2) is 0 Å². The number of aryl methyl sites for hydroxylation is 1. The van der Waals surface area contributed by atoms with E-state index in [1.165, 1.54) is 12.1 Å². The van der Waals surface area contributed by atoms with Gasteiger partial charge >= 0.3 is 0 Å². The summed E-state index contributed by atoms with van der Waals surface area (Å²) >= 11 is 0. The maximum atomic E-state index is 12.3. The monoisotopic (exact) mass is 182 g/mol. The SMILES string of the molecule is Cn1ncc2ccc(C(F)F)cc21. The van der Waals surface area contributed by atoms with Gasteiger partial charge in [-0.1, -0.05) is 12.1 Å². The Bertz CT molecular complexity index is 434. The number of rotatable bonds is 1. The van der Waals surface area contributed by atoms with Crippen LogP contribution in [0.25, 0.3) is 10.9 Å². The first-order valence-corrected chi connectivity index (χ1v) is 3.88. The van der Waals surface area contributed by atoms with Crippen LogP contribution in [0.4, 0.5) is 8.78 Å². The van der Waals surface area contributed by atoms with Crippen molar-refractivity contribution in [2.24, 2.45) is 7.05 Å². The number of aromatic nitrogens is 2. The van der Waals surface area contributed by atoms with Gasteiger partial charge in [0.1, 0.15) is 0 Å². The minimum Gasteiger partial charge on any atom is -0.268 e. The third-order valence-electron chi connectivity index (χ3n) is 2.03. The summed E-state index contributed by atoms with van der Waals surface area (Å²) in [6.07, 6.45) is -0.760. The predicted molar refractivity (Wildman–Crippen MR) is 45.7 cm³/mol. The van der Waals surface area contributed by atoms with Gasteiger partial charge < -0.3 is 0 Å². The van der Waals surface area contributed by atoms with Crippen LogP contribution in [0.2, 0.25) is 0 Å². The molecule has 0 radical (unpaired) electrons. The zero-order chi connectivity index (χ0) is 9.42. The molecule has 2 rings (SSSR count). The maximum Gasteiger partial charge on any atom is 0.263 e. The van der Waals surface area contributed by atoms with Gasteiger partial charge in [-0.2, -0.15) is 5.10 Å². The third kappa shape index (κ3) is 1.28. The summed E-state index contributed by atoms with van der Waals surface area (Å²) in [5.41, 5.74) is 0.772. The third-order valence-corrected chi connectivity index (χ3v) is 2.03. The molecule has 0 aliphatic heterocycles. The lowest BCUT2D eigenvalue weighted by Gasteiger charge is -1.99. The van der Waals surface area contributed by atoms with Crippen molar-refractivity contribution in [3.8, 4) is 0 Å². The number of fused-ring (bicyclic) bond motifs is 1. The topological polar surface area (TPSA) is 17.8 Å². The van der Waals surface area contributed by atoms with Crippen LogP contribution in [0, 0.1) is 0 Å². The van der Waals surface area contributed by atoms with E-state index in [-0.39, 0.29) is 5.56 Å². The van der Waals surface area contributed by atoms with Gasteiger partial charge in [-0.15, -0.1) is 0 Å². The van der Waals surface area contributed by atoms with Gasteiger partial charge in [0.05, 0.1) is 11.7 Å². The molecule has 68 valence electrons. The Morgan fingerprint density at radius 3 is 2.85 bits per heavy atom. The van der Waals surface area contributed by atoms with Crippen LogP contribution < -0.4 is 0 Å². The molecule has 0 N–H and O–H groups in total. The van der Waals surface area contributed by atoms with Crippen LogP contribution in [-0.2, 0) is 7.05 Å². The van der Waals surface area contributed by atoms with Crippen molar-refractivity contribution in [3.05, 3.63) is 30.0 Å². The molecule has 0 atom stereocenters. The summed E-state index contributed by atoms with van der Waals surface area (Å²) in [5.74, 6) is 0. The number of hydrogen-bond acceptors (Lipinski definition) is 1. The van der Waals surface area contributed by atoms with E-state index in [4.69, 9.17) is 0 Å². The van der Waals surface area contributed by atoms with Gasteiger partial charge in [0, 0.05) is 18.0 Å². The van der Waals surface area contributed by atoms with Crippen molar-refractivity contribution in [2.45, 2.75) is 6.43 Å². The van der Waals surface area contributed by atoms with E-state index in [9.17, 15) is 8.78 Å². The molecule has 1 aromatic heterocycles. The zero-order valence-corrected chi connectivity index (χ0v) is 7.04. The summed E-state index contributed by atoms with van der Waals surface area (Å²) in [5, 5.41) is 4.85. The average Bonchev–Trinajstić information content (AvgIpc) is 2.47. The molecule has 1 aromatic carbocycles. The summed E-state index contributed by atoms with van der Waals surface area (Å²) < 4.78 is 26.2. The van der Waals surface area contributed by atoms with E-state index < -0.39 is 6.43 Å². The second-order valence-corrected chi connectivity index (χ2v) is 2.89. The van der Waals surface area contributed by atoms with Crippen LogP contribution in [0.1, 0.15) is 12.0 Å². The second kappa shape index (κ2) is 2.80. The molecular weight excluding hydrogens is 174 g/mol. The summed E-state index contributed by atoms with van der Waals surface area (Å²) in [6.45, 7) is 0. The highest BCUT2D eigenvalue weighted by Gasteiger charge is 2.08. The minimum absolute atomic E-state index is 0.0381. The maximum absolute atomic E-state index is 12.3. The molecule has 0 aliphatic rings. The fourth-order valence-corrected chi connectivity index (χ4v) is 1.30. The number of alkyl halides is 2. The first-order valence-electron chi connectivity index (χ1n) is 3.88. The van der Waals surface area contributed by atoms with E-state index in [1.54, 1.807) is 24.0 Å². The summed E-state index contributed by atoms with van der Waals surface area (Å²) in [7, 11) is 1.73.